The highest BCUT2D eigenvalue weighted by Crippen LogP contribution is 2.23. The summed E-state index contributed by atoms with van der Waals surface area (Å²) in [6.45, 7) is 3.87. The highest BCUT2D eigenvalue weighted by Gasteiger charge is 2.05. The van der Waals surface area contributed by atoms with Gasteiger partial charge in [0.1, 0.15) is 0 Å². The summed E-state index contributed by atoms with van der Waals surface area (Å²) in [5.41, 5.74) is 2.39. The Morgan fingerprint density at radius 1 is 1.47 bits per heavy atom. The Bertz CT molecular complexity index is 416. The largest absolute Gasteiger partial charge is 0.469 e. The minimum Gasteiger partial charge on any atom is -0.469 e. The molecule has 0 unspecified atom stereocenters. The number of hydrogen-bond acceptors (Lipinski definition) is 4. The van der Waals surface area contributed by atoms with Crippen LogP contribution < -0.4 is 0 Å². The molecule has 0 fully saturated rings. The van der Waals surface area contributed by atoms with Crippen molar-refractivity contribution >= 4 is 17.7 Å². The predicted molar refractivity (Wildman–Crippen MR) is 78.5 cm³/mol. The smallest absolute Gasteiger partial charge is 0.305 e. The number of aryl methyl sites for hydroxylation is 2. The second kappa shape index (κ2) is 8.23. The number of aliphatic hydroxyl groups is 1. The average molecular weight is 282 g/mol. The third-order valence-electron chi connectivity index (χ3n) is 2.94. The van der Waals surface area contributed by atoms with Crippen molar-refractivity contribution < 1.29 is 14.6 Å². The molecule has 0 bridgehead atoms. The third-order valence-corrected chi connectivity index (χ3v) is 3.97. The molecule has 0 aliphatic heterocycles. The molecule has 3 nitrogen and oxygen atoms in total. The fourth-order valence-corrected chi connectivity index (χ4v) is 2.84. The zero-order valence-corrected chi connectivity index (χ0v) is 12.6. The Balaban J connectivity index is 2.51. The summed E-state index contributed by atoms with van der Waals surface area (Å²) in [5.74, 6) is 0.744. The molecule has 1 rings (SSSR count). The number of rotatable bonds is 7. The van der Waals surface area contributed by atoms with Gasteiger partial charge in [0.25, 0.3) is 0 Å². The van der Waals surface area contributed by atoms with E-state index in [1.54, 1.807) is 11.8 Å². The van der Waals surface area contributed by atoms with Crippen molar-refractivity contribution in [3.05, 3.63) is 29.3 Å². The summed E-state index contributed by atoms with van der Waals surface area (Å²) >= 11 is 1.75. The lowest BCUT2D eigenvalue weighted by atomic mass is 10.0. The van der Waals surface area contributed by atoms with Crippen molar-refractivity contribution in [3.8, 4) is 0 Å². The molecule has 0 saturated heterocycles. The number of aliphatic hydroxyl groups excluding tert-OH is 1. The summed E-state index contributed by atoms with van der Waals surface area (Å²) < 4.78 is 4.64. The molecule has 0 amide bonds. The molecule has 0 radical (unpaired) electrons. The maximum atomic E-state index is 11.1. The van der Waals surface area contributed by atoms with E-state index in [-0.39, 0.29) is 12.1 Å². The molecule has 0 saturated carbocycles. The van der Waals surface area contributed by atoms with E-state index < -0.39 is 0 Å². The molecule has 0 aromatic heterocycles. The Morgan fingerprint density at radius 2 is 2.21 bits per heavy atom. The monoisotopic (exact) mass is 282 g/mol. The number of ether oxygens (including phenoxy) is 1. The predicted octanol–water partition coefficient (Wildman–Crippen LogP) is 2.96. The van der Waals surface area contributed by atoms with Crippen LogP contribution >= 0.6 is 11.8 Å². The van der Waals surface area contributed by atoms with Crippen LogP contribution in [0.5, 0.6) is 0 Å². The van der Waals surface area contributed by atoms with Crippen LogP contribution in [0.3, 0.4) is 0 Å². The Hall–Kier alpha value is -1.00. The van der Waals surface area contributed by atoms with E-state index in [4.69, 9.17) is 0 Å². The number of hydrogen-bond donors (Lipinski definition) is 1. The van der Waals surface area contributed by atoms with Crippen molar-refractivity contribution in [2.75, 3.05) is 12.9 Å². The first-order valence-electron chi connectivity index (χ1n) is 6.50. The van der Waals surface area contributed by atoms with E-state index in [1.807, 2.05) is 6.92 Å². The van der Waals surface area contributed by atoms with Crippen LogP contribution in [0.15, 0.2) is 23.1 Å². The Labute approximate surface area is 119 Å². The molecule has 0 heterocycles. The van der Waals surface area contributed by atoms with Crippen LogP contribution in [0.4, 0.5) is 0 Å². The van der Waals surface area contributed by atoms with E-state index in [1.165, 1.54) is 23.1 Å². The number of esters is 1. The van der Waals surface area contributed by atoms with Gasteiger partial charge in [-0.2, -0.15) is 0 Å². The van der Waals surface area contributed by atoms with Gasteiger partial charge in [0.05, 0.1) is 13.2 Å². The lowest BCUT2D eigenvalue weighted by Gasteiger charge is -2.09. The first-order chi connectivity index (χ1) is 9.02. The van der Waals surface area contributed by atoms with E-state index in [0.29, 0.717) is 6.42 Å². The van der Waals surface area contributed by atoms with Gasteiger partial charge in [-0.15, -0.1) is 11.8 Å². The zero-order chi connectivity index (χ0) is 14.3. The molecule has 106 valence electrons. The molecular formula is C15H22O3S. The van der Waals surface area contributed by atoms with Crippen molar-refractivity contribution in [2.45, 2.75) is 44.1 Å². The first kappa shape index (κ1) is 16.1. The van der Waals surface area contributed by atoms with E-state index >= 15 is 0 Å². The van der Waals surface area contributed by atoms with Crippen LogP contribution in [0, 0.1) is 6.92 Å². The van der Waals surface area contributed by atoms with Gasteiger partial charge < -0.3 is 9.84 Å². The van der Waals surface area contributed by atoms with E-state index in [0.717, 1.165) is 18.6 Å². The molecule has 1 N–H and O–H groups in total. The number of carbonyl (C=O) groups is 1. The van der Waals surface area contributed by atoms with Crippen LogP contribution in [-0.2, 0) is 16.0 Å². The van der Waals surface area contributed by atoms with Gasteiger partial charge in [0, 0.05) is 17.1 Å². The van der Waals surface area contributed by atoms with Gasteiger partial charge in [-0.05, 0) is 49.9 Å². The molecule has 4 heteroatoms. The first-order valence-corrected chi connectivity index (χ1v) is 7.48. The summed E-state index contributed by atoms with van der Waals surface area (Å²) in [6.07, 6.45) is 1.70. The lowest BCUT2D eigenvalue weighted by Crippen LogP contribution is -2.03. The van der Waals surface area contributed by atoms with Crippen LogP contribution in [0.1, 0.15) is 30.9 Å². The quantitative estimate of drug-likeness (QED) is 0.617. The standard InChI is InChI=1S/C15H22O3S/c1-11-10-14(19-9-8-12(2)16)6-4-13(11)5-7-15(17)18-3/h4,6,10,12,16H,5,7-9H2,1-3H3/t12-/m1/s1. The highest BCUT2D eigenvalue weighted by molar-refractivity contribution is 7.99. The lowest BCUT2D eigenvalue weighted by molar-refractivity contribution is -0.140. The molecule has 1 aromatic carbocycles. The van der Waals surface area contributed by atoms with Gasteiger partial charge in [-0.1, -0.05) is 6.07 Å². The molecule has 19 heavy (non-hydrogen) atoms. The Morgan fingerprint density at radius 3 is 2.79 bits per heavy atom. The van der Waals surface area contributed by atoms with Crippen molar-refractivity contribution in [2.24, 2.45) is 0 Å². The van der Waals surface area contributed by atoms with Crippen LogP contribution in [0.25, 0.3) is 0 Å². The number of thioether (sulfide) groups is 1. The number of benzene rings is 1. The number of carbonyl (C=O) groups excluding carboxylic acids is 1. The van der Waals surface area contributed by atoms with Gasteiger partial charge in [-0.3, -0.25) is 4.79 Å². The maximum Gasteiger partial charge on any atom is 0.305 e. The fourth-order valence-electron chi connectivity index (χ4n) is 1.72. The third kappa shape index (κ3) is 6.12. The van der Waals surface area contributed by atoms with Crippen molar-refractivity contribution in [1.82, 2.24) is 0 Å². The van der Waals surface area contributed by atoms with Crippen molar-refractivity contribution in [3.63, 3.8) is 0 Å². The van der Waals surface area contributed by atoms with Gasteiger partial charge in [0.2, 0.25) is 0 Å². The average Bonchev–Trinajstić information content (AvgIpc) is 2.37. The fraction of sp³-hybridized carbons (Fsp3) is 0.533. The maximum absolute atomic E-state index is 11.1. The second-order valence-corrected chi connectivity index (χ2v) is 5.82. The molecule has 1 atom stereocenters. The molecule has 0 aliphatic rings. The van der Waals surface area contributed by atoms with Crippen molar-refractivity contribution in [1.29, 1.82) is 0 Å². The molecule has 0 spiro atoms. The summed E-state index contributed by atoms with van der Waals surface area (Å²) in [6, 6.07) is 6.29. The summed E-state index contributed by atoms with van der Waals surface area (Å²) in [7, 11) is 1.41. The Kier molecular flexibility index (Phi) is 6.95. The van der Waals surface area contributed by atoms with E-state index in [2.05, 4.69) is 29.9 Å². The molecule has 0 aliphatic carbocycles. The van der Waals surface area contributed by atoms with Crippen LogP contribution in [-0.4, -0.2) is 30.0 Å². The summed E-state index contributed by atoms with van der Waals surface area (Å²) in [4.78, 5) is 12.3. The minimum absolute atomic E-state index is 0.171. The minimum atomic E-state index is -0.243. The second-order valence-electron chi connectivity index (χ2n) is 4.65. The van der Waals surface area contributed by atoms with Gasteiger partial charge >= 0.3 is 5.97 Å². The SMILES string of the molecule is COC(=O)CCc1ccc(SCC[C@@H](C)O)cc1C. The molecule has 1 aromatic rings. The normalized spacial score (nSPS) is 12.2. The summed E-state index contributed by atoms with van der Waals surface area (Å²) in [5, 5.41) is 9.22. The molecular weight excluding hydrogens is 260 g/mol. The van der Waals surface area contributed by atoms with Gasteiger partial charge in [-0.25, -0.2) is 0 Å². The van der Waals surface area contributed by atoms with Crippen LogP contribution in [0.2, 0.25) is 0 Å². The zero-order valence-electron chi connectivity index (χ0n) is 11.8. The van der Waals surface area contributed by atoms with E-state index in [9.17, 15) is 9.90 Å². The highest BCUT2D eigenvalue weighted by atomic mass is 32.2. The topological polar surface area (TPSA) is 46.5 Å². The number of methoxy groups -OCH3 is 1. The van der Waals surface area contributed by atoms with Gasteiger partial charge in [0.15, 0.2) is 0 Å².